The molecule has 106 valence electrons. The van der Waals surface area contributed by atoms with Gasteiger partial charge >= 0.3 is 0 Å². The number of aromatic nitrogens is 1. The Morgan fingerprint density at radius 2 is 2.00 bits per heavy atom. The molecular weight excluding hydrogens is 256 g/mol. The lowest BCUT2D eigenvalue weighted by Crippen LogP contribution is -2.33. The minimum Gasteiger partial charge on any atom is -0.348 e. The molecule has 1 fully saturated rings. The molecule has 0 aromatic carbocycles. The van der Waals surface area contributed by atoms with Gasteiger partial charge in [-0.15, -0.1) is 0 Å². The highest BCUT2D eigenvalue weighted by molar-refractivity contribution is 7.17. The van der Waals surface area contributed by atoms with E-state index in [4.69, 9.17) is 4.98 Å². The van der Waals surface area contributed by atoms with Gasteiger partial charge in [-0.1, -0.05) is 45.5 Å². The lowest BCUT2D eigenvalue weighted by molar-refractivity contribution is 0.112. The maximum Gasteiger partial charge on any atom is 0.186 e. The minimum absolute atomic E-state index is 0.0628. The Labute approximate surface area is 120 Å². The average molecular weight is 280 g/mol. The van der Waals surface area contributed by atoms with Crippen LogP contribution in [0.25, 0.3) is 0 Å². The van der Waals surface area contributed by atoms with Gasteiger partial charge in [0.25, 0.3) is 0 Å². The molecule has 0 amide bonds. The second-order valence-electron chi connectivity index (χ2n) is 6.42. The number of anilines is 1. The van der Waals surface area contributed by atoms with Crippen molar-refractivity contribution in [2.24, 2.45) is 5.92 Å². The molecule has 0 spiro atoms. The van der Waals surface area contributed by atoms with Crippen molar-refractivity contribution >= 4 is 22.8 Å². The van der Waals surface area contributed by atoms with Crippen molar-refractivity contribution in [1.29, 1.82) is 0 Å². The molecule has 1 aliphatic rings. The van der Waals surface area contributed by atoms with E-state index in [1.165, 1.54) is 19.3 Å². The zero-order valence-electron chi connectivity index (χ0n) is 12.4. The van der Waals surface area contributed by atoms with Crippen molar-refractivity contribution in [2.45, 2.75) is 52.4 Å². The van der Waals surface area contributed by atoms with Crippen LogP contribution in [0.4, 0.5) is 5.13 Å². The van der Waals surface area contributed by atoms with Crippen LogP contribution in [-0.4, -0.2) is 24.4 Å². The second kappa shape index (κ2) is 5.61. The molecule has 0 aliphatic carbocycles. The third kappa shape index (κ3) is 3.16. The summed E-state index contributed by atoms with van der Waals surface area (Å²) >= 11 is 1.55. The first-order valence-electron chi connectivity index (χ1n) is 7.17. The van der Waals surface area contributed by atoms with Crippen LogP contribution in [0.2, 0.25) is 0 Å². The summed E-state index contributed by atoms with van der Waals surface area (Å²) in [4.78, 5) is 19.1. The monoisotopic (exact) mass is 280 g/mol. The van der Waals surface area contributed by atoms with Gasteiger partial charge in [-0.3, -0.25) is 4.79 Å². The summed E-state index contributed by atoms with van der Waals surface area (Å²) in [5.41, 5.74) is 0.882. The molecule has 2 heterocycles. The number of thiazole rings is 1. The fourth-order valence-electron chi connectivity index (χ4n) is 2.61. The van der Waals surface area contributed by atoms with Gasteiger partial charge in [0.15, 0.2) is 11.4 Å². The number of carbonyl (C=O) groups excluding carboxylic acids is 1. The van der Waals surface area contributed by atoms with Gasteiger partial charge in [0.1, 0.15) is 0 Å². The van der Waals surface area contributed by atoms with Gasteiger partial charge in [0, 0.05) is 18.5 Å². The molecule has 0 saturated carbocycles. The summed E-state index contributed by atoms with van der Waals surface area (Å²) in [6, 6.07) is 0. The van der Waals surface area contributed by atoms with Crippen molar-refractivity contribution in [3.63, 3.8) is 0 Å². The molecule has 0 N–H and O–H groups in total. The first-order chi connectivity index (χ1) is 8.95. The Hall–Kier alpha value is -0.900. The fourth-order valence-corrected chi connectivity index (χ4v) is 3.75. The van der Waals surface area contributed by atoms with Crippen LogP contribution >= 0.6 is 11.3 Å². The van der Waals surface area contributed by atoms with E-state index in [0.29, 0.717) is 0 Å². The lowest BCUT2D eigenvalue weighted by Gasteiger charge is -2.31. The molecule has 1 aromatic heterocycles. The normalized spacial score (nSPS) is 17.8. The topological polar surface area (TPSA) is 33.2 Å². The van der Waals surface area contributed by atoms with Gasteiger partial charge in [-0.2, -0.15) is 0 Å². The largest absolute Gasteiger partial charge is 0.348 e. The van der Waals surface area contributed by atoms with E-state index < -0.39 is 0 Å². The smallest absolute Gasteiger partial charge is 0.186 e. The number of hydrogen-bond acceptors (Lipinski definition) is 4. The number of rotatable bonds is 3. The highest BCUT2D eigenvalue weighted by atomic mass is 32.1. The van der Waals surface area contributed by atoms with E-state index in [2.05, 4.69) is 32.6 Å². The molecule has 0 atom stereocenters. The van der Waals surface area contributed by atoms with Crippen molar-refractivity contribution in [3.8, 4) is 0 Å². The first-order valence-corrected chi connectivity index (χ1v) is 7.98. The third-order valence-electron chi connectivity index (χ3n) is 3.92. The van der Waals surface area contributed by atoms with Crippen LogP contribution in [0, 0.1) is 5.92 Å². The van der Waals surface area contributed by atoms with Crippen molar-refractivity contribution < 1.29 is 4.79 Å². The van der Waals surface area contributed by atoms with E-state index in [-0.39, 0.29) is 5.41 Å². The summed E-state index contributed by atoms with van der Waals surface area (Å²) in [5.74, 6) is 0.865. The zero-order valence-corrected chi connectivity index (χ0v) is 13.2. The van der Waals surface area contributed by atoms with Crippen LogP contribution in [0.15, 0.2) is 0 Å². The maximum absolute atomic E-state index is 11.2. The molecule has 19 heavy (non-hydrogen) atoms. The lowest BCUT2D eigenvalue weighted by atomic mass is 9.91. The maximum atomic E-state index is 11.2. The fraction of sp³-hybridized carbons (Fsp3) is 0.733. The van der Waals surface area contributed by atoms with Crippen LogP contribution in [0.1, 0.15) is 62.3 Å². The quantitative estimate of drug-likeness (QED) is 0.788. The summed E-state index contributed by atoms with van der Waals surface area (Å²) in [5, 5.41) is 1.03. The Balaban J connectivity index is 2.18. The van der Waals surface area contributed by atoms with E-state index in [1.54, 1.807) is 11.3 Å². The Kier molecular flexibility index (Phi) is 4.29. The average Bonchev–Trinajstić information content (AvgIpc) is 2.83. The van der Waals surface area contributed by atoms with Gasteiger partial charge in [-0.25, -0.2) is 4.98 Å². The molecule has 2 rings (SSSR count). The van der Waals surface area contributed by atoms with E-state index in [9.17, 15) is 4.79 Å². The summed E-state index contributed by atoms with van der Waals surface area (Å²) in [7, 11) is 0. The van der Waals surface area contributed by atoms with E-state index >= 15 is 0 Å². The zero-order chi connectivity index (χ0) is 14.0. The molecule has 1 aliphatic heterocycles. The van der Waals surface area contributed by atoms with E-state index in [1.807, 2.05) is 0 Å². The number of carbonyl (C=O) groups is 1. The second-order valence-corrected chi connectivity index (χ2v) is 7.42. The van der Waals surface area contributed by atoms with Crippen LogP contribution in [0.5, 0.6) is 0 Å². The van der Waals surface area contributed by atoms with Gasteiger partial charge in [-0.05, 0) is 18.8 Å². The standard InChI is InChI=1S/C15H24N2OS/c1-5-11-6-8-17(9-7-11)14-16-13(15(2,3)4)12(10-18)19-14/h10-11H,5-9H2,1-4H3. The Morgan fingerprint density at radius 3 is 2.42 bits per heavy atom. The van der Waals surface area contributed by atoms with E-state index in [0.717, 1.165) is 41.0 Å². The molecule has 1 aromatic rings. The van der Waals surface area contributed by atoms with Crippen molar-refractivity contribution in [1.82, 2.24) is 4.98 Å². The van der Waals surface area contributed by atoms with Gasteiger partial charge in [0.05, 0.1) is 10.6 Å². The van der Waals surface area contributed by atoms with Crippen LogP contribution in [-0.2, 0) is 5.41 Å². The molecule has 0 unspecified atom stereocenters. The SMILES string of the molecule is CCC1CCN(c2nc(C(C)(C)C)c(C=O)s2)CC1. The van der Waals surface area contributed by atoms with Crippen molar-refractivity contribution in [2.75, 3.05) is 18.0 Å². The van der Waals surface area contributed by atoms with Gasteiger partial charge in [0.2, 0.25) is 0 Å². The molecule has 1 saturated heterocycles. The number of piperidine rings is 1. The first kappa shape index (κ1) is 14.5. The highest BCUT2D eigenvalue weighted by Crippen LogP contribution is 2.34. The summed E-state index contributed by atoms with van der Waals surface area (Å²) in [6.07, 6.45) is 4.73. The molecule has 3 nitrogen and oxygen atoms in total. The number of nitrogens with zero attached hydrogens (tertiary/aromatic N) is 2. The predicted molar refractivity (Wildman–Crippen MR) is 81.4 cm³/mol. The number of hydrogen-bond donors (Lipinski definition) is 0. The third-order valence-corrected chi connectivity index (χ3v) is 4.96. The Morgan fingerprint density at radius 1 is 1.37 bits per heavy atom. The van der Waals surface area contributed by atoms with Crippen molar-refractivity contribution in [3.05, 3.63) is 10.6 Å². The predicted octanol–water partition coefficient (Wildman–Crippen LogP) is 3.88. The van der Waals surface area contributed by atoms with Crippen LogP contribution < -0.4 is 4.90 Å². The number of aldehydes is 1. The molecular formula is C15H24N2OS. The summed E-state index contributed by atoms with van der Waals surface area (Å²) in [6.45, 7) is 10.8. The van der Waals surface area contributed by atoms with Crippen LogP contribution in [0.3, 0.4) is 0 Å². The molecule has 0 bridgehead atoms. The Bertz CT molecular complexity index is 439. The highest BCUT2D eigenvalue weighted by Gasteiger charge is 2.26. The summed E-state index contributed by atoms with van der Waals surface area (Å²) < 4.78 is 0. The molecule has 0 radical (unpaired) electrons. The van der Waals surface area contributed by atoms with Gasteiger partial charge < -0.3 is 4.90 Å². The minimum atomic E-state index is -0.0628. The molecule has 4 heteroatoms.